The van der Waals surface area contributed by atoms with Crippen molar-refractivity contribution < 1.29 is 0 Å². The fraction of sp³-hybridized carbons (Fsp3) is 0.500. The highest BCUT2D eigenvalue weighted by atomic mass is 28.3. The van der Waals surface area contributed by atoms with Crippen LogP contribution in [-0.2, 0) is 13.1 Å². The van der Waals surface area contributed by atoms with Crippen LogP contribution in [0.1, 0.15) is 59.1 Å². The van der Waals surface area contributed by atoms with Gasteiger partial charge in [0.15, 0.2) is 8.24 Å². The predicted octanol–water partition coefficient (Wildman–Crippen LogP) is 6.88. The molecule has 0 aromatic heterocycles. The molecule has 2 aromatic carbocycles. The summed E-state index contributed by atoms with van der Waals surface area (Å²) in [6, 6.07) is 21.3. The lowest BCUT2D eigenvalue weighted by Gasteiger charge is -2.58. The van der Waals surface area contributed by atoms with E-state index in [1.54, 1.807) is 5.19 Å². The van der Waals surface area contributed by atoms with E-state index in [2.05, 4.69) is 136 Å². The Morgan fingerprint density at radius 2 is 1.26 bits per heavy atom. The van der Waals surface area contributed by atoms with Crippen molar-refractivity contribution in [3.63, 3.8) is 0 Å². The van der Waals surface area contributed by atoms with E-state index in [9.17, 15) is 0 Å². The third-order valence-electron chi connectivity index (χ3n) is 8.85. The van der Waals surface area contributed by atoms with Crippen LogP contribution in [0.5, 0.6) is 0 Å². The molecule has 2 aliphatic carbocycles. The van der Waals surface area contributed by atoms with Crippen LogP contribution >= 0.6 is 0 Å². The van der Waals surface area contributed by atoms with E-state index in [-0.39, 0.29) is 11.1 Å². The summed E-state index contributed by atoms with van der Waals surface area (Å²) in [6.07, 6.45) is 11.0. The van der Waals surface area contributed by atoms with Gasteiger partial charge in [-0.05, 0) is 81.7 Å². The fourth-order valence-electron chi connectivity index (χ4n) is 8.28. The second kappa shape index (κ2) is 8.87. The molecule has 5 rings (SSSR count). The first-order valence-corrected chi connectivity index (χ1v) is 16.1. The molecular weight excluding hydrogens is 440 g/mol. The predicted molar refractivity (Wildman–Crippen MR) is 152 cm³/mol. The van der Waals surface area contributed by atoms with Gasteiger partial charge in [0.05, 0.1) is 0 Å². The smallest absolute Gasteiger partial charge is 0.161 e. The van der Waals surface area contributed by atoms with Gasteiger partial charge in [-0.25, -0.2) is 0 Å². The first-order chi connectivity index (χ1) is 16.5. The quantitative estimate of drug-likeness (QED) is 0.436. The van der Waals surface area contributed by atoms with E-state index >= 15 is 0 Å². The number of hydrogen-bond donors (Lipinski definition) is 0. The molecule has 0 bridgehead atoms. The Labute approximate surface area is 214 Å². The fourth-order valence-corrected chi connectivity index (χ4v) is 14.7. The van der Waals surface area contributed by atoms with Crippen molar-refractivity contribution in [3.8, 4) is 0 Å². The van der Waals surface area contributed by atoms with Gasteiger partial charge < -0.3 is 4.57 Å². The Morgan fingerprint density at radius 1 is 0.743 bits per heavy atom. The molecule has 35 heavy (non-hydrogen) atoms. The molecule has 1 saturated carbocycles. The van der Waals surface area contributed by atoms with E-state index in [0.717, 1.165) is 13.1 Å². The van der Waals surface area contributed by atoms with Crippen LogP contribution in [0, 0.1) is 11.8 Å². The number of benzene rings is 2. The normalized spacial score (nSPS) is 28.2. The zero-order valence-electron chi connectivity index (χ0n) is 22.8. The second-order valence-corrected chi connectivity index (χ2v) is 17.3. The van der Waals surface area contributed by atoms with Crippen LogP contribution in [0.2, 0.25) is 12.1 Å². The van der Waals surface area contributed by atoms with Crippen molar-refractivity contribution in [3.05, 3.63) is 90.0 Å². The SMILES string of the molecule is CC(C)(C)N(C(C)(C)C)[Si](C)(c1ccccc1)C1CC(N2Cc3ccccc3C2)C2C=CC=CC21. The van der Waals surface area contributed by atoms with Gasteiger partial charge in [-0.15, -0.1) is 0 Å². The molecule has 2 nitrogen and oxygen atoms in total. The van der Waals surface area contributed by atoms with Crippen molar-refractivity contribution in [2.45, 2.75) is 90.3 Å². The standard InChI is InChI=1S/C32H44N2Si/c1-31(2,3)34(32(4,5)6)35(7,26-17-9-8-10-18-26)30-21-29(27-19-13-14-20-28(27)30)33-22-24-15-11-12-16-25(24)23-33/h8-20,27-30H,21-23H2,1-7H3. The lowest BCUT2D eigenvalue weighted by Crippen LogP contribution is -2.73. The average Bonchev–Trinajstić information content (AvgIpc) is 3.39. The molecule has 0 amide bonds. The summed E-state index contributed by atoms with van der Waals surface area (Å²) in [6.45, 7) is 19.5. The lowest BCUT2D eigenvalue weighted by atomic mass is 9.89. The minimum Gasteiger partial charge on any atom is -0.310 e. The van der Waals surface area contributed by atoms with Crippen molar-refractivity contribution in [2.75, 3.05) is 0 Å². The number of rotatable bonds is 4. The molecular formula is C32H44N2Si. The van der Waals surface area contributed by atoms with E-state index in [4.69, 9.17) is 0 Å². The van der Waals surface area contributed by atoms with Crippen LogP contribution in [0.15, 0.2) is 78.9 Å². The average molecular weight is 485 g/mol. The van der Waals surface area contributed by atoms with Gasteiger partial charge in [0.1, 0.15) is 0 Å². The van der Waals surface area contributed by atoms with Gasteiger partial charge >= 0.3 is 0 Å². The third kappa shape index (κ3) is 4.30. The molecule has 3 aliphatic rings. The van der Waals surface area contributed by atoms with Gasteiger partial charge in [0.2, 0.25) is 0 Å². The highest BCUT2D eigenvalue weighted by molar-refractivity contribution is 6.90. The largest absolute Gasteiger partial charge is 0.310 e. The number of fused-ring (bicyclic) bond motifs is 2. The van der Waals surface area contributed by atoms with Gasteiger partial charge in [0.25, 0.3) is 0 Å². The first kappa shape index (κ1) is 24.7. The van der Waals surface area contributed by atoms with Gasteiger partial charge in [-0.2, -0.15) is 0 Å². The molecule has 5 atom stereocenters. The van der Waals surface area contributed by atoms with Crippen molar-refractivity contribution >= 4 is 13.4 Å². The summed E-state index contributed by atoms with van der Waals surface area (Å²) in [7, 11) is -2.15. The Morgan fingerprint density at radius 3 is 1.80 bits per heavy atom. The van der Waals surface area contributed by atoms with E-state index in [0.29, 0.717) is 23.4 Å². The van der Waals surface area contributed by atoms with E-state index in [1.807, 2.05) is 0 Å². The summed E-state index contributed by atoms with van der Waals surface area (Å²) in [5.41, 5.74) is 3.87. The monoisotopic (exact) mass is 484 g/mol. The summed E-state index contributed by atoms with van der Waals surface area (Å²) in [4.78, 5) is 2.80. The van der Waals surface area contributed by atoms with Crippen LogP contribution in [0.4, 0.5) is 0 Å². The van der Waals surface area contributed by atoms with Crippen LogP contribution in [-0.4, -0.2) is 34.8 Å². The molecule has 1 aliphatic heterocycles. The molecule has 0 saturated heterocycles. The molecule has 2 aromatic rings. The van der Waals surface area contributed by atoms with Crippen molar-refractivity contribution in [1.29, 1.82) is 0 Å². The Kier molecular flexibility index (Phi) is 6.27. The highest BCUT2D eigenvalue weighted by Gasteiger charge is 2.58. The Bertz CT molecular complexity index is 1070. The number of allylic oxidation sites excluding steroid dienone is 3. The molecule has 0 spiro atoms. The zero-order chi connectivity index (χ0) is 25.0. The molecule has 1 fully saturated rings. The van der Waals surface area contributed by atoms with Crippen molar-refractivity contribution in [2.24, 2.45) is 11.8 Å². The van der Waals surface area contributed by atoms with Crippen molar-refractivity contribution in [1.82, 2.24) is 9.47 Å². The Hall–Kier alpha value is -1.94. The minimum absolute atomic E-state index is 0.0841. The topological polar surface area (TPSA) is 6.48 Å². The maximum Gasteiger partial charge on any atom is 0.161 e. The van der Waals surface area contributed by atoms with Gasteiger partial charge in [0, 0.05) is 30.2 Å². The molecule has 0 radical (unpaired) electrons. The van der Waals surface area contributed by atoms with Crippen LogP contribution < -0.4 is 5.19 Å². The molecule has 0 N–H and O–H groups in total. The van der Waals surface area contributed by atoms with Gasteiger partial charge in [-0.1, -0.05) is 85.4 Å². The summed E-state index contributed by atoms with van der Waals surface area (Å²) in [5.74, 6) is 1.19. The lowest BCUT2D eigenvalue weighted by molar-refractivity contribution is 0.124. The van der Waals surface area contributed by atoms with Crippen LogP contribution in [0.25, 0.3) is 0 Å². The summed E-state index contributed by atoms with van der Waals surface area (Å²) in [5, 5.41) is 1.59. The molecule has 1 heterocycles. The first-order valence-electron chi connectivity index (χ1n) is 13.5. The number of hydrogen-bond acceptors (Lipinski definition) is 2. The maximum atomic E-state index is 2.97. The van der Waals surface area contributed by atoms with Gasteiger partial charge in [-0.3, -0.25) is 4.90 Å². The Balaban J connectivity index is 1.60. The summed E-state index contributed by atoms with van der Waals surface area (Å²) < 4.78 is 2.97. The third-order valence-corrected chi connectivity index (χ3v) is 14.7. The number of nitrogens with zero attached hydrogens (tertiary/aromatic N) is 2. The highest BCUT2D eigenvalue weighted by Crippen LogP contribution is 2.54. The molecule has 5 unspecified atom stereocenters. The minimum atomic E-state index is -2.15. The maximum absolute atomic E-state index is 2.97. The second-order valence-electron chi connectivity index (χ2n) is 13.2. The van der Waals surface area contributed by atoms with Crippen LogP contribution in [0.3, 0.4) is 0 Å². The molecule has 3 heteroatoms. The summed E-state index contributed by atoms with van der Waals surface area (Å²) >= 11 is 0. The zero-order valence-corrected chi connectivity index (χ0v) is 23.8. The van der Waals surface area contributed by atoms with E-state index in [1.165, 1.54) is 17.5 Å². The molecule has 186 valence electrons. The van der Waals surface area contributed by atoms with E-state index < -0.39 is 8.24 Å².